The Morgan fingerprint density at radius 1 is 1.12 bits per heavy atom. The lowest BCUT2D eigenvalue weighted by molar-refractivity contribution is -0.141. The summed E-state index contributed by atoms with van der Waals surface area (Å²) in [5, 5.41) is 3.96. The van der Waals surface area contributed by atoms with E-state index in [0.29, 0.717) is 43.2 Å². The van der Waals surface area contributed by atoms with Gasteiger partial charge in [-0.3, -0.25) is 4.79 Å². The SMILES string of the molecule is COCCc1ccc(Cl)c(CN(C(=O)C2CNCCC2OC(=O)c2ccccc2)C2CC2)c1. The van der Waals surface area contributed by atoms with Gasteiger partial charge < -0.3 is 19.7 Å². The Morgan fingerprint density at radius 2 is 1.91 bits per heavy atom. The second-order valence-corrected chi connectivity index (χ2v) is 9.18. The smallest absolute Gasteiger partial charge is 0.338 e. The van der Waals surface area contributed by atoms with Gasteiger partial charge in [0.05, 0.1) is 18.1 Å². The van der Waals surface area contributed by atoms with E-state index in [4.69, 9.17) is 21.1 Å². The Bertz CT molecular complexity index is 964. The maximum absolute atomic E-state index is 13.7. The number of carbonyl (C=O) groups is 2. The van der Waals surface area contributed by atoms with Crippen LogP contribution >= 0.6 is 11.6 Å². The molecule has 0 bridgehead atoms. The highest BCUT2D eigenvalue weighted by Gasteiger charge is 2.41. The normalized spacial score (nSPS) is 20.3. The minimum Gasteiger partial charge on any atom is -0.458 e. The van der Waals surface area contributed by atoms with Gasteiger partial charge in [0.15, 0.2) is 0 Å². The van der Waals surface area contributed by atoms with Crippen LogP contribution in [-0.2, 0) is 27.2 Å². The van der Waals surface area contributed by atoms with E-state index in [1.54, 1.807) is 31.4 Å². The molecule has 2 fully saturated rings. The summed E-state index contributed by atoms with van der Waals surface area (Å²) in [6, 6.07) is 15.1. The van der Waals surface area contributed by atoms with Crippen molar-refractivity contribution in [2.75, 3.05) is 26.8 Å². The number of methoxy groups -OCH3 is 1. The van der Waals surface area contributed by atoms with E-state index < -0.39 is 12.0 Å². The molecular weight excluding hydrogens is 440 g/mol. The van der Waals surface area contributed by atoms with Gasteiger partial charge in [-0.1, -0.05) is 41.9 Å². The molecule has 33 heavy (non-hydrogen) atoms. The minimum atomic E-state index is -0.448. The van der Waals surface area contributed by atoms with Crippen LogP contribution in [0.2, 0.25) is 5.02 Å². The van der Waals surface area contributed by atoms with Gasteiger partial charge in [0.1, 0.15) is 6.10 Å². The van der Waals surface area contributed by atoms with Gasteiger partial charge in [-0.05, 0) is 61.6 Å². The van der Waals surface area contributed by atoms with E-state index in [9.17, 15) is 9.59 Å². The third kappa shape index (κ3) is 6.14. The summed E-state index contributed by atoms with van der Waals surface area (Å²) >= 11 is 6.50. The second-order valence-electron chi connectivity index (χ2n) is 8.77. The Morgan fingerprint density at radius 3 is 2.64 bits per heavy atom. The fourth-order valence-corrected chi connectivity index (χ4v) is 4.47. The third-order valence-electron chi connectivity index (χ3n) is 6.32. The molecule has 6 nitrogen and oxygen atoms in total. The summed E-state index contributed by atoms with van der Waals surface area (Å²) in [6.07, 6.45) is 2.93. The first-order valence-electron chi connectivity index (χ1n) is 11.6. The number of nitrogens with zero attached hydrogens (tertiary/aromatic N) is 1. The van der Waals surface area contributed by atoms with Crippen LogP contribution in [0.5, 0.6) is 0 Å². The van der Waals surface area contributed by atoms with Crippen molar-refractivity contribution in [3.8, 4) is 0 Å². The molecule has 1 N–H and O–H groups in total. The quantitative estimate of drug-likeness (QED) is 0.564. The van der Waals surface area contributed by atoms with Crippen LogP contribution in [0.3, 0.4) is 0 Å². The zero-order valence-electron chi connectivity index (χ0n) is 19.0. The fraction of sp³-hybridized carbons (Fsp3) is 0.462. The molecule has 1 amide bonds. The van der Waals surface area contributed by atoms with Crippen LogP contribution in [-0.4, -0.2) is 55.7 Å². The first-order valence-corrected chi connectivity index (χ1v) is 12.0. The highest BCUT2D eigenvalue weighted by Crippen LogP contribution is 2.33. The molecule has 2 aromatic carbocycles. The molecule has 0 radical (unpaired) electrons. The highest BCUT2D eigenvalue weighted by atomic mass is 35.5. The number of piperidine rings is 1. The van der Waals surface area contributed by atoms with E-state index in [-0.39, 0.29) is 17.9 Å². The summed E-state index contributed by atoms with van der Waals surface area (Å²) in [5.41, 5.74) is 2.57. The van der Waals surface area contributed by atoms with Crippen molar-refractivity contribution >= 4 is 23.5 Å². The van der Waals surface area contributed by atoms with E-state index in [1.807, 2.05) is 23.1 Å². The number of ether oxygens (including phenoxy) is 2. The van der Waals surface area contributed by atoms with Gasteiger partial charge in [0.25, 0.3) is 0 Å². The molecule has 0 aromatic heterocycles. The second kappa shape index (κ2) is 11.1. The molecule has 2 aromatic rings. The van der Waals surface area contributed by atoms with E-state index in [1.165, 1.54) is 0 Å². The van der Waals surface area contributed by atoms with Gasteiger partial charge in [0, 0.05) is 31.3 Å². The van der Waals surface area contributed by atoms with Crippen molar-refractivity contribution in [3.05, 3.63) is 70.2 Å². The molecule has 2 atom stereocenters. The molecule has 4 rings (SSSR count). The maximum atomic E-state index is 13.7. The molecular formula is C26H31ClN2O4. The van der Waals surface area contributed by atoms with Crippen LogP contribution < -0.4 is 5.32 Å². The average molecular weight is 471 g/mol. The monoisotopic (exact) mass is 470 g/mol. The number of halogens is 1. The largest absolute Gasteiger partial charge is 0.458 e. The Balaban J connectivity index is 1.49. The van der Waals surface area contributed by atoms with Crippen molar-refractivity contribution in [1.29, 1.82) is 0 Å². The van der Waals surface area contributed by atoms with Crippen LogP contribution in [0, 0.1) is 5.92 Å². The molecule has 1 saturated heterocycles. The molecule has 1 aliphatic heterocycles. The Hall–Kier alpha value is -2.41. The first kappa shape index (κ1) is 23.7. The number of carbonyl (C=O) groups excluding carboxylic acids is 2. The molecule has 2 aliphatic rings. The molecule has 176 valence electrons. The van der Waals surface area contributed by atoms with Crippen LogP contribution in [0.4, 0.5) is 0 Å². The lowest BCUT2D eigenvalue weighted by Gasteiger charge is -2.35. The number of rotatable bonds is 9. The van der Waals surface area contributed by atoms with Crippen molar-refractivity contribution in [3.63, 3.8) is 0 Å². The first-order chi connectivity index (χ1) is 16.1. The molecule has 0 spiro atoms. The highest BCUT2D eigenvalue weighted by molar-refractivity contribution is 6.31. The zero-order chi connectivity index (χ0) is 23.2. The zero-order valence-corrected chi connectivity index (χ0v) is 19.7. The van der Waals surface area contributed by atoms with E-state index in [2.05, 4.69) is 11.4 Å². The van der Waals surface area contributed by atoms with Crippen molar-refractivity contribution in [1.82, 2.24) is 10.2 Å². The fourth-order valence-electron chi connectivity index (χ4n) is 4.30. The standard InChI is InChI=1S/C26H31ClN2O4/c1-32-14-12-18-7-10-23(27)20(15-18)17-29(21-8-9-21)25(30)22-16-28-13-11-24(22)33-26(31)19-5-3-2-4-6-19/h2-7,10,15,21-22,24,28H,8-9,11-14,16-17H2,1H3. The number of amides is 1. The molecule has 7 heteroatoms. The summed E-state index contributed by atoms with van der Waals surface area (Å²) in [7, 11) is 1.68. The average Bonchev–Trinajstić information content (AvgIpc) is 3.68. The predicted molar refractivity (Wildman–Crippen MR) is 127 cm³/mol. The Labute approximate surface area is 200 Å². The van der Waals surface area contributed by atoms with Crippen molar-refractivity contribution < 1.29 is 19.1 Å². The lowest BCUT2D eigenvalue weighted by atomic mass is 9.93. The lowest BCUT2D eigenvalue weighted by Crippen LogP contribution is -2.51. The Kier molecular flexibility index (Phi) is 8.02. The third-order valence-corrected chi connectivity index (χ3v) is 6.69. The van der Waals surface area contributed by atoms with Crippen LogP contribution in [0.15, 0.2) is 48.5 Å². The van der Waals surface area contributed by atoms with Gasteiger partial charge in [-0.2, -0.15) is 0 Å². The number of nitrogens with one attached hydrogen (secondary N) is 1. The minimum absolute atomic E-state index is 0.0222. The molecule has 2 unspecified atom stereocenters. The topological polar surface area (TPSA) is 67.9 Å². The van der Waals surface area contributed by atoms with Crippen LogP contribution in [0.25, 0.3) is 0 Å². The molecule has 1 heterocycles. The number of esters is 1. The van der Waals surface area contributed by atoms with Crippen molar-refractivity contribution in [2.45, 2.75) is 44.4 Å². The van der Waals surface area contributed by atoms with Gasteiger partial charge in [-0.25, -0.2) is 4.79 Å². The predicted octanol–water partition coefficient (Wildman–Crippen LogP) is 3.86. The van der Waals surface area contributed by atoms with E-state index >= 15 is 0 Å². The molecule has 1 saturated carbocycles. The van der Waals surface area contributed by atoms with E-state index in [0.717, 1.165) is 30.4 Å². The van der Waals surface area contributed by atoms with Gasteiger partial charge in [-0.15, -0.1) is 0 Å². The van der Waals surface area contributed by atoms with Gasteiger partial charge in [0.2, 0.25) is 5.91 Å². The number of benzene rings is 2. The van der Waals surface area contributed by atoms with Gasteiger partial charge >= 0.3 is 5.97 Å². The maximum Gasteiger partial charge on any atom is 0.338 e. The number of hydrogen-bond donors (Lipinski definition) is 1. The summed E-state index contributed by atoms with van der Waals surface area (Å²) in [4.78, 5) is 28.3. The summed E-state index contributed by atoms with van der Waals surface area (Å²) in [6.45, 7) is 2.30. The van der Waals surface area contributed by atoms with Crippen molar-refractivity contribution in [2.24, 2.45) is 5.92 Å². The molecule has 1 aliphatic carbocycles. The number of hydrogen-bond acceptors (Lipinski definition) is 5. The van der Waals surface area contributed by atoms with Crippen LogP contribution in [0.1, 0.15) is 40.7 Å². The summed E-state index contributed by atoms with van der Waals surface area (Å²) in [5.74, 6) is -0.774. The summed E-state index contributed by atoms with van der Waals surface area (Å²) < 4.78 is 11.0.